The van der Waals surface area contributed by atoms with Crippen LogP contribution < -0.4 is 10.2 Å². The number of hydrogen-bond donors (Lipinski definition) is 0. The van der Waals surface area contributed by atoms with Crippen molar-refractivity contribution in [2.45, 2.75) is 19.6 Å². The summed E-state index contributed by atoms with van der Waals surface area (Å²) in [6.07, 6.45) is 0. The number of para-hydroxylation sites is 1. The van der Waals surface area contributed by atoms with Crippen LogP contribution in [0, 0.1) is 0 Å². The fraction of sp³-hybridized carbons (Fsp3) is 0.0750. The molecular weight excluding hydrogens is 537 g/mol. The second-order valence-corrected chi connectivity index (χ2v) is 17.0. The molecule has 0 saturated heterocycles. The highest BCUT2D eigenvalue weighted by Crippen LogP contribution is 2.48. The average Bonchev–Trinajstić information content (AvgIpc) is 3.05. The van der Waals surface area contributed by atoms with Gasteiger partial charge in [-0.05, 0) is 57.3 Å². The molecule has 0 atom stereocenters. The molecule has 7 rings (SSSR count). The molecule has 2 nitrogen and oxygen atoms in total. The summed E-state index contributed by atoms with van der Waals surface area (Å²) in [6.45, 7) is 7.07. The summed E-state index contributed by atoms with van der Waals surface area (Å²) < 4.78 is 0. The van der Waals surface area contributed by atoms with Gasteiger partial charge in [0.15, 0.2) is 0 Å². The Morgan fingerprint density at radius 3 is 1.58 bits per heavy atom. The lowest BCUT2D eigenvalue weighted by atomic mass is 9.86. The van der Waals surface area contributed by atoms with E-state index in [9.17, 15) is 0 Å². The smallest absolute Gasteiger partial charge is 0.137 e. The zero-order valence-electron chi connectivity index (χ0n) is 24.8. The van der Waals surface area contributed by atoms with Crippen LogP contribution in [0.2, 0.25) is 19.6 Å². The van der Waals surface area contributed by atoms with Crippen LogP contribution in [0.3, 0.4) is 0 Å². The summed E-state index contributed by atoms with van der Waals surface area (Å²) in [5.74, 6) is 0.943. The highest BCUT2D eigenvalue weighted by atomic mass is 28.3. The van der Waals surface area contributed by atoms with Crippen LogP contribution in [0.5, 0.6) is 0 Å². The molecule has 0 bridgehead atoms. The molecule has 0 aliphatic heterocycles. The minimum Gasteiger partial charge on any atom is -0.294 e. The van der Waals surface area contributed by atoms with E-state index in [2.05, 4.69) is 176 Å². The Balaban J connectivity index is 1.60. The van der Waals surface area contributed by atoms with Gasteiger partial charge < -0.3 is 0 Å². The summed E-state index contributed by atoms with van der Waals surface area (Å²) >= 11 is 0. The van der Waals surface area contributed by atoms with Gasteiger partial charge in [-0.15, -0.1) is 0 Å². The number of anilines is 3. The highest BCUT2D eigenvalue weighted by molar-refractivity contribution is 6.88. The quantitative estimate of drug-likeness (QED) is 0.146. The maximum absolute atomic E-state index is 5.33. The molecule has 0 aliphatic carbocycles. The summed E-state index contributed by atoms with van der Waals surface area (Å²) in [5.41, 5.74) is 7.18. The van der Waals surface area contributed by atoms with E-state index in [0.717, 1.165) is 17.2 Å². The first kappa shape index (κ1) is 26.9. The lowest BCUT2D eigenvalue weighted by Gasteiger charge is -2.30. The number of hydrogen-bond acceptors (Lipinski definition) is 2. The lowest BCUT2D eigenvalue weighted by Crippen LogP contribution is -2.40. The van der Waals surface area contributed by atoms with Crippen LogP contribution in [0.25, 0.3) is 43.8 Å². The van der Waals surface area contributed by atoms with Crippen molar-refractivity contribution < 1.29 is 0 Å². The van der Waals surface area contributed by atoms with E-state index in [1.54, 1.807) is 0 Å². The Morgan fingerprint density at radius 2 is 0.977 bits per heavy atom. The van der Waals surface area contributed by atoms with Crippen molar-refractivity contribution in [1.29, 1.82) is 0 Å². The first-order valence-electron chi connectivity index (χ1n) is 14.9. The number of benzene rings is 6. The monoisotopic (exact) mass is 570 g/mol. The van der Waals surface area contributed by atoms with Crippen LogP contribution >= 0.6 is 0 Å². The molecule has 0 aliphatic rings. The van der Waals surface area contributed by atoms with Crippen molar-refractivity contribution in [3.05, 3.63) is 152 Å². The molecule has 208 valence electrons. The molecule has 6 aromatic carbocycles. The molecule has 0 N–H and O–H groups in total. The standard InChI is InChI=1S/C40H34N2Si/c1-43(2,3)38-28-16-27-37(41-38)42(30-19-8-5-9-20-30)40-35-25-14-12-23-33(35)39(34-24-13-15-26-36(34)40)32-22-11-10-21-31(32)29-17-6-4-7-18-29/h4-28H,1-3H3. The van der Waals surface area contributed by atoms with Gasteiger partial charge in [0.2, 0.25) is 0 Å². The molecule has 1 aromatic heterocycles. The average molecular weight is 571 g/mol. The first-order valence-corrected chi connectivity index (χ1v) is 18.4. The van der Waals surface area contributed by atoms with Crippen molar-refractivity contribution in [1.82, 2.24) is 4.98 Å². The van der Waals surface area contributed by atoms with E-state index in [4.69, 9.17) is 4.98 Å². The second kappa shape index (κ2) is 11.0. The Bertz CT molecular complexity index is 2000. The topological polar surface area (TPSA) is 16.1 Å². The van der Waals surface area contributed by atoms with Gasteiger partial charge in [0.05, 0.1) is 5.69 Å². The van der Waals surface area contributed by atoms with Gasteiger partial charge >= 0.3 is 0 Å². The summed E-state index contributed by atoms with van der Waals surface area (Å²) in [4.78, 5) is 7.70. The van der Waals surface area contributed by atoms with E-state index < -0.39 is 8.07 Å². The largest absolute Gasteiger partial charge is 0.294 e. The number of pyridine rings is 1. The third-order valence-corrected chi connectivity index (χ3v) is 9.97. The van der Waals surface area contributed by atoms with Gasteiger partial charge in [-0.1, -0.05) is 147 Å². The third-order valence-electron chi connectivity index (χ3n) is 8.15. The Hall–Kier alpha value is -4.99. The molecule has 0 fully saturated rings. The van der Waals surface area contributed by atoms with Crippen molar-refractivity contribution in [3.63, 3.8) is 0 Å². The summed E-state index contributed by atoms with van der Waals surface area (Å²) in [7, 11) is -1.65. The van der Waals surface area contributed by atoms with Crippen molar-refractivity contribution in [2.75, 3.05) is 4.90 Å². The summed E-state index contributed by atoms with van der Waals surface area (Å²) in [5, 5.41) is 6.04. The maximum Gasteiger partial charge on any atom is 0.137 e. The van der Waals surface area contributed by atoms with Crippen LogP contribution in [-0.4, -0.2) is 13.1 Å². The fourth-order valence-corrected chi connectivity index (χ4v) is 7.17. The lowest BCUT2D eigenvalue weighted by molar-refractivity contribution is 1.21. The van der Waals surface area contributed by atoms with Crippen LogP contribution in [-0.2, 0) is 0 Å². The molecule has 0 saturated carbocycles. The van der Waals surface area contributed by atoms with Gasteiger partial charge in [0.1, 0.15) is 13.9 Å². The molecule has 7 aromatic rings. The Labute approximate surface area is 254 Å². The maximum atomic E-state index is 5.33. The molecule has 0 spiro atoms. The van der Waals surface area contributed by atoms with Crippen molar-refractivity contribution >= 4 is 52.1 Å². The van der Waals surface area contributed by atoms with Crippen molar-refractivity contribution in [2.24, 2.45) is 0 Å². The van der Waals surface area contributed by atoms with Gasteiger partial charge in [-0.2, -0.15) is 0 Å². The molecule has 1 heterocycles. The second-order valence-electron chi connectivity index (χ2n) is 12.0. The number of nitrogens with zero attached hydrogens (tertiary/aromatic N) is 2. The fourth-order valence-electron chi connectivity index (χ4n) is 6.13. The molecule has 3 heteroatoms. The minimum absolute atomic E-state index is 0.943. The van der Waals surface area contributed by atoms with Crippen LogP contribution in [0.15, 0.2) is 152 Å². The van der Waals surface area contributed by atoms with E-state index in [1.165, 1.54) is 49.1 Å². The van der Waals surface area contributed by atoms with Crippen LogP contribution in [0.4, 0.5) is 17.2 Å². The number of aromatic nitrogens is 1. The molecule has 0 amide bonds. The third kappa shape index (κ3) is 4.92. The summed E-state index contributed by atoms with van der Waals surface area (Å²) in [6, 6.07) is 54.4. The molecule has 43 heavy (non-hydrogen) atoms. The molecular formula is C40H34N2Si. The van der Waals surface area contributed by atoms with Gasteiger partial charge in [-0.25, -0.2) is 4.98 Å². The van der Waals surface area contributed by atoms with Gasteiger partial charge in [0, 0.05) is 21.8 Å². The highest BCUT2D eigenvalue weighted by Gasteiger charge is 2.25. The Morgan fingerprint density at radius 1 is 0.465 bits per heavy atom. The number of rotatable bonds is 6. The van der Waals surface area contributed by atoms with E-state index in [0.29, 0.717) is 0 Å². The minimum atomic E-state index is -1.65. The number of fused-ring (bicyclic) bond motifs is 2. The zero-order valence-corrected chi connectivity index (χ0v) is 25.8. The van der Waals surface area contributed by atoms with E-state index >= 15 is 0 Å². The zero-order chi connectivity index (χ0) is 29.4. The van der Waals surface area contributed by atoms with E-state index in [1.807, 2.05) is 0 Å². The van der Waals surface area contributed by atoms with Crippen LogP contribution in [0.1, 0.15) is 0 Å². The SMILES string of the molecule is C[Si](C)(C)c1cccc(N(c2ccccc2)c2c3ccccc3c(-c3ccccc3-c3ccccc3)c3ccccc23)n1. The molecule has 0 unspecified atom stereocenters. The predicted octanol–water partition coefficient (Wildman–Crippen LogP) is 10.7. The van der Waals surface area contributed by atoms with Crippen molar-refractivity contribution in [3.8, 4) is 22.3 Å². The van der Waals surface area contributed by atoms with Gasteiger partial charge in [0.25, 0.3) is 0 Å². The predicted molar refractivity (Wildman–Crippen MR) is 188 cm³/mol. The normalized spacial score (nSPS) is 11.6. The van der Waals surface area contributed by atoms with Gasteiger partial charge in [-0.3, -0.25) is 4.90 Å². The molecule has 0 radical (unpaired) electrons. The Kier molecular flexibility index (Phi) is 6.88. The van der Waals surface area contributed by atoms with E-state index in [-0.39, 0.29) is 0 Å². The first-order chi connectivity index (χ1) is 21.0.